The molecule has 20 heavy (non-hydrogen) atoms. The first-order valence-corrected chi connectivity index (χ1v) is 8.61. The Kier molecular flexibility index (Phi) is 10.0. The predicted octanol–water partition coefficient (Wildman–Crippen LogP) is 4.04. The van der Waals surface area contributed by atoms with Crippen molar-refractivity contribution < 1.29 is 4.79 Å². The lowest BCUT2D eigenvalue weighted by Gasteiger charge is -2.05. The highest BCUT2D eigenvalue weighted by atomic mass is 32.2. The van der Waals surface area contributed by atoms with E-state index in [2.05, 4.69) is 23.3 Å². The van der Waals surface area contributed by atoms with E-state index in [1.54, 1.807) is 18.0 Å². The molecule has 0 aliphatic carbocycles. The molecule has 0 fully saturated rings. The molecule has 0 atom stereocenters. The Morgan fingerprint density at radius 3 is 2.85 bits per heavy atom. The van der Waals surface area contributed by atoms with E-state index in [0.29, 0.717) is 6.42 Å². The van der Waals surface area contributed by atoms with Crippen LogP contribution >= 0.6 is 11.8 Å². The monoisotopic (exact) mass is 294 g/mol. The van der Waals surface area contributed by atoms with E-state index < -0.39 is 0 Å². The largest absolute Gasteiger partial charge is 0.356 e. The minimum Gasteiger partial charge on any atom is -0.356 e. The molecule has 0 aromatic carbocycles. The molecule has 1 aromatic rings. The summed E-state index contributed by atoms with van der Waals surface area (Å²) in [6.45, 7) is 2.98. The number of nitrogens with zero attached hydrogens (tertiary/aromatic N) is 1. The molecule has 1 N–H and O–H groups in total. The van der Waals surface area contributed by atoms with Gasteiger partial charge in [-0.15, -0.1) is 11.8 Å². The zero-order valence-corrected chi connectivity index (χ0v) is 13.3. The number of rotatable bonds is 11. The van der Waals surface area contributed by atoms with Crippen LogP contribution in [0.2, 0.25) is 0 Å². The summed E-state index contributed by atoms with van der Waals surface area (Å²) in [5.74, 6) is 1.22. The SMILES string of the molecule is CCCCCCCC(=O)NCCCSc1cccnc1. The lowest BCUT2D eigenvalue weighted by Crippen LogP contribution is -2.24. The highest BCUT2D eigenvalue weighted by molar-refractivity contribution is 7.99. The van der Waals surface area contributed by atoms with Gasteiger partial charge in [0.15, 0.2) is 0 Å². The maximum absolute atomic E-state index is 11.6. The molecule has 0 aliphatic rings. The fourth-order valence-electron chi connectivity index (χ4n) is 1.90. The van der Waals surface area contributed by atoms with E-state index in [1.165, 1.54) is 30.6 Å². The second kappa shape index (κ2) is 11.8. The summed E-state index contributed by atoms with van der Waals surface area (Å²) >= 11 is 1.79. The summed E-state index contributed by atoms with van der Waals surface area (Å²) in [6, 6.07) is 4.01. The number of amides is 1. The Hall–Kier alpha value is -1.03. The number of carbonyl (C=O) groups excluding carboxylic acids is 1. The van der Waals surface area contributed by atoms with Crippen molar-refractivity contribution in [3.63, 3.8) is 0 Å². The maximum atomic E-state index is 11.6. The van der Waals surface area contributed by atoms with E-state index >= 15 is 0 Å². The van der Waals surface area contributed by atoms with Gasteiger partial charge in [0.2, 0.25) is 5.91 Å². The lowest BCUT2D eigenvalue weighted by molar-refractivity contribution is -0.121. The summed E-state index contributed by atoms with van der Waals surface area (Å²) in [5.41, 5.74) is 0. The second-order valence-corrected chi connectivity index (χ2v) is 6.07. The highest BCUT2D eigenvalue weighted by Crippen LogP contribution is 2.16. The van der Waals surface area contributed by atoms with Crippen LogP contribution < -0.4 is 5.32 Å². The average molecular weight is 294 g/mol. The van der Waals surface area contributed by atoms with Gasteiger partial charge < -0.3 is 5.32 Å². The Morgan fingerprint density at radius 1 is 1.25 bits per heavy atom. The normalized spacial score (nSPS) is 10.4. The molecule has 1 aromatic heterocycles. The van der Waals surface area contributed by atoms with Crippen molar-refractivity contribution in [3.05, 3.63) is 24.5 Å². The minimum atomic E-state index is 0.202. The Balaban J connectivity index is 1.91. The van der Waals surface area contributed by atoms with Crippen LogP contribution in [0.4, 0.5) is 0 Å². The number of carbonyl (C=O) groups is 1. The Bertz CT molecular complexity index is 357. The van der Waals surface area contributed by atoms with Crippen LogP contribution in [0.15, 0.2) is 29.4 Å². The third kappa shape index (κ3) is 8.97. The molecule has 0 aliphatic heterocycles. The zero-order valence-electron chi connectivity index (χ0n) is 12.4. The standard InChI is InChI=1S/C16H26N2OS/c1-2-3-4-5-6-10-16(19)18-12-8-13-20-15-9-7-11-17-14-15/h7,9,11,14H,2-6,8,10,12-13H2,1H3,(H,18,19). The number of aromatic nitrogens is 1. The first-order valence-electron chi connectivity index (χ1n) is 7.62. The summed E-state index contributed by atoms with van der Waals surface area (Å²) < 4.78 is 0. The van der Waals surface area contributed by atoms with Gasteiger partial charge >= 0.3 is 0 Å². The van der Waals surface area contributed by atoms with Gasteiger partial charge in [0.1, 0.15) is 0 Å². The van der Waals surface area contributed by atoms with Gasteiger partial charge in [-0.1, -0.05) is 32.6 Å². The summed E-state index contributed by atoms with van der Waals surface area (Å²) in [6.07, 6.45) is 11.3. The van der Waals surface area contributed by atoms with E-state index in [9.17, 15) is 4.79 Å². The van der Waals surface area contributed by atoms with Crippen molar-refractivity contribution in [1.29, 1.82) is 0 Å². The number of thioether (sulfide) groups is 1. The van der Waals surface area contributed by atoms with Gasteiger partial charge in [-0.05, 0) is 30.7 Å². The van der Waals surface area contributed by atoms with Crippen LogP contribution in [0.5, 0.6) is 0 Å². The van der Waals surface area contributed by atoms with Crippen molar-refractivity contribution >= 4 is 17.7 Å². The summed E-state index contributed by atoms with van der Waals surface area (Å²) in [4.78, 5) is 16.8. The Labute approximate surface area is 126 Å². The molecule has 4 heteroatoms. The number of pyridine rings is 1. The molecule has 0 bridgehead atoms. The van der Waals surface area contributed by atoms with Crippen LogP contribution in [-0.2, 0) is 4.79 Å². The first-order chi connectivity index (χ1) is 9.83. The van der Waals surface area contributed by atoms with Crippen molar-refractivity contribution in [1.82, 2.24) is 10.3 Å². The molecule has 1 amide bonds. The molecule has 0 radical (unpaired) electrons. The van der Waals surface area contributed by atoms with Crippen molar-refractivity contribution in [2.24, 2.45) is 0 Å². The van der Waals surface area contributed by atoms with Crippen molar-refractivity contribution in [2.75, 3.05) is 12.3 Å². The predicted molar refractivity (Wildman–Crippen MR) is 86.0 cm³/mol. The molecule has 0 unspecified atom stereocenters. The van der Waals surface area contributed by atoms with E-state index in [4.69, 9.17) is 0 Å². The zero-order chi connectivity index (χ0) is 14.5. The second-order valence-electron chi connectivity index (χ2n) is 4.90. The number of unbranched alkanes of at least 4 members (excludes halogenated alkanes) is 4. The van der Waals surface area contributed by atoms with Crippen LogP contribution in [-0.4, -0.2) is 23.2 Å². The smallest absolute Gasteiger partial charge is 0.219 e. The van der Waals surface area contributed by atoms with Gasteiger partial charge in [-0.3, -0.25) is 9.78 Å². The first kappa shape index (κ1) is 17.0. The third-order valence-corrected chi connectivity index (χ3v) is 4.12. The molecule has 1 rings (SSSR count). The van der Waals surface area contributed by atoms with Crippen LogP contribution in [0.25, 0.3) is 0 Å². The number of nitrogens with one attached hydrogen (secondary N) is 1. The van der Waals surface area contributed by atoms with E-state index in [-0.39, 0.29) is 5.91 Å². The van der Waals surface area contributed by atoms with Gasteiger partial charge in [-0.25, -0.2) is 0 Å². The number of hydrogen-bond donors (Lipinski definition) is 1. The van der Waals surface area contributed by atoms with Gasteiger partial charge in [-0.2, -0.15) is 0 Å². The summed E-state index contributed by atoms with van der Waals surface area (Å²) in [5, 5.41) is 2.99. The van der Waals surface area contributed by atoms with Crippen LogP contribution in [0.3, 0.4) is 0 Å². The molecule has 1 heterocycles. The van der Waals surface area contributed by atoms with Crippen molar-refractivity contribution in [3.8, 4) is 0 Å². The highest BCUT2D eigenvalue weighted by Gasteiger charge is 2.00. The Morgan fingerprint density at radius 2 is 2.10 bits per heavy atom. The van der Waals surface area contributed by atoms with Gasteiger partial charge in [0.05, 0.1) is 0 Å². The molecule has 112 valence electrons. The topological polar surface area (TPSA) is 42.0 Å². The molecule has 3 nitrogen and oxygen atoms in total. The fraction of sp³-hybridized carbons (Fsp3) is 0.625. The van der Waals surface area contributed by atoms with Gasteiger partial charge in [0, 0.05) is 30.3 Å². The van der Waals surface area contributed by atoms with Gasteiger partial charge in [0.25, 0.3) is 0 Å². The molecular formula is C16H26N2OS. The number of hydrogen-bond acceptors (Lipinski definition) is 3. The maximum Gasteiger partial charge on any atom is 0.219 e. The molecule has 0 saturated carbocycles. The van der Waals surface area contributed by atoms with Crippen molar-refractivity contribution in [2.45, 2.75) is 56.8 Å². The van der Waals surface area contributed by atoms with E-state index in [0.717, 1.165) is 25.1 Å². The van der Waals surface area contributed by atoms with E-state index in [1.807, 2.05) is 12.3 Å². The lowest BCUT2D eigenvalue weighted by atomic mass is 10.1. The third-order valence-electron chi connectivity index (χ3n) is 3.05. The quantitative estimate of drug-likeness (QED) is 0.495. The molecule has 0 spiro atoms. The molecule has 0 saturated heterocycles. The van der Waals surface area contributed by atoms with Crippen LogP contribution in [0, 0.1) is 0 Å². The molecular weight excluding hydrogens is 268 g/mol. The van der Waals surface area contributed by atoms with Crippen LogP contribution in [0.1, 0.15) is 51.9 Å². The summed E-state index contributed by atoms with van der Waals surface area (Å²) in [7, 11) is 0. The fourth-order valence-corrected chi connectivity index (χ4v) is 2.73. The minimum absolute atomic E-state index is 0.202. The average Bonchev–Trinajstić information content (AvgIpc) is 2.48.